The molecule has 0 aromatic heterocycles. The molecular weight excluding hydrogens is 330 g/mol. The Morgan fingerprint density at radius 3 is 2.62 bits per heavy atom. The number of halogens is 1. The lowest BCUT2D eigenvalue weighted by atomic mass is 10.1. The third-order valence-corrected chi connectivity index (χ3v) is 3.26. The average Bonchev–Trinajstić information content (AvgIpc) is 2.54. The van der Waals surface area contributed by atoms with E-state index >= 15 is 0 Å². The minimum Gasteiger partial charge on any atom is -0.483 e. The summed E-state index contributed by atoms with van der Waals surface area (Å²) in [5, 5.41) is 4.36. The van der Waals surface area contributed by atoms with Gasteiger partial charge in [-0.3, -0.25) is 9.59 Å². The summed E-state index contributed by atoms with van der Waals surface area (Å²) in [5.41, 5.74) is 9.54. The van der Waals surface area contributed by atoms with Gasteiger partial charge in [0.15, 0.2) is 6.61 Å². The predicted molar refractivity (Wildman–Crippen MR) is 92.4 cm³/mol. The monoisotopic (exact) mass is 345 g/mol. The first-order chi connectivity index (χ1) is 11.5. The van der Waals surface area contributed by atoms with Crippen molar-refractivity contribution < 1.29 is 14.3 Å². The molecule has 7 heteroatoms. The maximum atomic E-state index is 12.0. The molecule has 2 amide bonds. The fraction of sp³-hybridized carbons (Fsp3) is 0.118. The molecule has 24 heavy (non-hydrogen) atoms. The Hall–Kier alpha value is -2.86. The summed E-state index contributed by atoms with van der Waals surface area (Å²) < 4.78 is 5.27. The maximum absolute atomic E-state index is 12.0. The number of carbonyl (C=O) groups is 2. The number of amides is 2. The molecule has 0 heterocycles. The van der Waals surface area contributed by atoms with Gasteiger partial charge in [0.2, 0.25) is 0 Å². The molecule has 2 aromatic rings. The van der Waals surface area contributed by atoms with E-state index in [1.165, 1.54) is 6.21 Å². The summed E-state index contributed by atoms with van der Waals surface area (Å²) in [7, 11) is 0. The first-order valence-corrected chi connectivity index (χ1v) is 7.44. The van der Waals surface area contributed by atoms with E-state index in [9.17, 15) is 9.59 Å². The molecule has 0 aliphatic rings. The number of hydrazone groups is 1. The minimum absolute atomic E-state index is 0.266. The molecule has 0 unspecified atom stereocenters. The number of nitrogens with one attached hydrogen (secondary N) is 1. The van der Waals surface area contributed by atoms with Crippen LogP contribution in [0.4, 0.5) is 0 Å². The Bertz CT molecular complexity index is 773. The lowest BCUT2D eigenvalue weighted by Gasteiger charge is -2.07. The van der Waals surface area contributed by atoms with Crippen LogP contribution in [-0.2, 0) is 4.79 Å². The van der Waals surface area contributed by atoms with E-state index in [1.807, 2.05) is 19.1 Å². The van der Waals surface area contributed by atoms with Gasteiger partial charge in [0, 0.05) is 16.1 Å². The number of carbonyl (C=O) groups excluding carboxylic acids is 2. The zero-order chi connectivity index (χ0) is 17.5. The van der Waals surface area contributed by atoms with Crippen molar-refractivity contribution in [3.63, 3.8) is 0 Å². The third kappa shape index (κ3) is 5.10. The molecule has 0 saturated carbocycles. The van der Waals surface area contributed by atoms with Crippen molar-refractivity contribution >= 4 is 29.6 Å². The van der Waals surface area contributed by atoms with E-state index in [1.54, 1.807) is 30.3 Å². The SMILES string of the molecule is Cc1ccc(C(=O)N/N=C/c2cc(Cl)ccc2OCC(N)=O)cc1. The number of primary amides is 1. The Morgan fingerprint density at radius 1 is 1.25 bits per heavy atom. The van der Waals surface area contributed by atoms with Gasteiger partial charge in [0.1, 0.15) is 5.75 Å². The van der Waals surface area contributed by atoms with Crippen molar-refractivity contribution in [2.75, 3.05) is 6.61 Å². The van der Waals surface area contributed by atoms with Crippen molar-refractivity contribution in [1.29, 1.82) is 0 Å². The number of aryl methyl sites for hydroxylation is 1. The fourth-order valence-corrected chi connectivity index (χ4v) is 2.01. The van der Waals surface area contributed by atoms with Crippen LogP contribution < -0.4 is 15.9 Å². The van der Waals surface area contributed by atoms with Crippen LogP contribution in [0.5, 0.6) is 5.75 Å². The minimum atomic E-state index is -0.597. The molecule has 0 bridgehead atoms. The second kappa shape index (κ2) is 8.12. The summed E-state index contributed by atoms with van der Waals surface area (Å²) in [6, 6.07) is 11.9. The smallest absolute Gasteiger partial charge is 0.271 e. The number of hydrogen-bond donors (Lipinski definition) is 2. The van der Waals surface area contributed by atoms with E-state index in [2.05, 4.69) is 10.5 Å². The molecule has 0 atom stereocenters. The number of nitrogens with zero attached hydrogens (tertiary/aromatic N) is 1. The highest BCUT2D eigenvalue weighted by Gasteiger charge is 2.06. The lowest BCUT2D eigenvalue weighted by Crippen LogP contribution is -2.20. The molecular formula is C17H16ClN3O3. The van der Waals surface area contributed by atoms with Crippen molar-refractivity contribution in [3.05, 3.63) is 64.2 Å². The molecule has 0 saturated heterocycles. The van der Waals surface area contributed by atoms with Gasteiger partial charge in [-0.1, -0.05) is 29.3 Å². The summed E-state index contributed by atoms with van der Waals surface area (Å²) in [5.74, 6) is -0.556. The van der Waals surface area contributed by atoms with Gasteiger partial charge in [-0.05, 0) is 37.3 Å². The van der Waals surface area contributed by atoms with Crippen LogP contribution in [0.25, 0.3) is 0 Å². The van der Waals surface area contributed by atoms with Crippen LogP contribution >= 0.6 is 11.6 Å². The van der Waals surface area contributed by atoms with Gasteiger partial charge in [-0.25, -0.2) is 5.43 Å². The van der Waals surface area contributed by atoms with Crippen LogP contribution in [0.3, 0.4) is 0 Å². The first-order valence-electron chi connectivity index (χ1n) is 7.06. The number of ether oxygens (including phenoxy) is 1. The molecule has 0 radical (unpaired) electrons. The molecule has 2 rings (SSSR count). The predicted octanol–water partition coefficient (Wildman–Crippen LogP) is 2.28. The van der Waals surface area contributed by atoms with Crippen molar-refractivity contribution in [3.8, 4) is 5.75 Å². The maximum Gasteiger partial charge on any atom is 0.271 e. The summed E-state index contributed by atoms with van der Waals surface area (Å²) in [6.07, 6.45) is 1.38. The van der Waals surface area contributed by atoms with Crippen LogP contribution in [0.15, 0.2) is 47.6 Å². The topological polar surface area (TPSA) is 93.8 Å². The normalized spacial score (nSPS) is 10.6. The Labute approximate surface area is 144 Å². The van der Waals surface area contributed by atoms with Crippen molar-refractivity contribution in [1.82, 2.24) is 5.43 Å². The van der Waals surface area contributed by atoms with Crippen molar-refractivity contribution in [2.24, 2.45) is 10.8 Å². The summed E-state index contributed by atoms with van der Waals surface area (Å²) >= 11 is 5.94. The second-order valence-corrected chi connectivity index (χ2v) is 5.44. The van der Waals surface area contributed by atoms with E-state index < -0.39 is 5.91 Å². The Morgan fingerprint density at radius 2 is 1.96 bits per heavy atom. The standard InChI is InChI=1S/C17H16ClN3O3/c1-11-2-4-12(5-3-11)17(23)21-20-9-13-8-14(18)6-7-15(13)24-10-16(19)22/h2-9H,10H2,1H3,(H2,19,22)(H,21,23)/b20-9+. The molecule has 3 N–H and O–H groups in total. The number of rotatable bonds is 6. The number of nitrogens with two attached hydrogens (primary N) is 1. The van der Waals surface area contributed by atoms with Gasteiger partial charge < -0.3 is 10.5 Å². The lowest BCUT2D eigenvalue weighted by molar-refractivity contribution is -0.119. The third-order valence-electron chi connectivity index (χ3n) is 3.03. The molecule has 6 nitrogen and oxygen atoms in total. The van der Waals surface area contributed by atoms with Gasteiger partial charge in [-0.15, -0.1) is 0 Å². The summed E-state index contributed by atoms with van der Waals surface area (Å²) in [4.78, 5) is 22.8. The van der Waals surface area contributed by atoms with Crippen LogP contribution in [-0.4, -0.2) is 24.6 Å². The summed E-state index contributed by atoms with van der Waals surface area (Å²) in [6.45, 7) is 1.67. The molecule has 124 valence electrons. The van der Waals surface area contributed by atoms with Gasteiger partial charge in [0.25, 0.3) is 11.8 Å². The quantitative estimate of drug-likeness (QED) is 0.621. The number of benzene rings is 2. The molecule has 2 aromatic carbocycles. The number of hydrogen-bond acceptors (Lipinski definition) is 4. The van der Waals surface area contributed by atoms with Crippen LogP contribution in [0.2, 0.25) is 5.02 Å². The zero-order valence-corrected chi connectivity index (χ0v) is 13.7. The first kappa shape index (κ1) is 17.5. The van der Waals surface area contributed by atoms with Gasteiger partial charge in [-0.2, -0.15) is 5.10 Å². The Balaban J connectivity index is 2.07. The van der Waals surface area contributed by atoms with E-state index in [0.717, 1.165) is 5.56 Å². The molecule has 0 spiro atoms. The van der Waals surface area contributed by atoms with Gasteiger partial charge in [0.05, 0.1) is 6.21 Å². The molecule has 0 aliphatic carbocycles. The highest BCUT2D eigenvalue weighted by Crippen LogP contribution is 2.21. The van der Waals surface area contributed by atoms with Gasteiger partial charge >= 0.3 is 0 Å². The largest absolute Gasteiger partial charge is 0.483 e. The zero-order valence-electron chi connectivity index (χ0n) is 13.0. The Kier molecular flexibility index (Phi) is 5.92. The van der Waals surface area contributed by atoms with E-state index in [0.29, 0.717) is 21.9 Å². The molecule has 0 fully saturated rings. The highest BCUT2D eigenvalue weighted by atomic mass is 35.5. The molecule has 0 aliphatic heterocycles. The fourth-order valence-electron chi connectivity index (χ4n) is 1.83. The van der Waals surface area contributed by atoms with E-state index in [4.69, 9.17) is 22.1 Å². The van der Waals surface area contributed by atoms with Crippen LogP contribution in [0.1, 0.15) is 21.5 Å². The van der Waals surface area contributed by atoms with Crippen molar-refractivity contribution in [2.45, 2.75) is 6.92 Å². The second-order valence-electron chi connectivity index (χ2n) is 5.00. The van der Waals surface area contributed by atoms with E-state index in [-0.39, 0.29) is 12.5 Å². The highest BCUT2D eigenvalue weighted by molar-refractivity contribution is 6.30. The average molecular weight is 346 g/mol. The van der Waals surface area contributed by atoms with Crippen LogP contribution in [0, 0.1) is 6.92 Å².